The molecule has 134 valence electrons. The number of carbonyl (C=O) groups is 1. The number of hydrogen-bond acceptors (Lipinski definition) is 4. The molecule has 0 aliphatic heterocycles. The van der Waals surface area contributed by atoms with Crippen LogP contribution < -0.4 is 10.9 Å². The highest BCUT2D eigenvalue weighted by atomic mass is 16.2. The Kier molecular flexibility index (Phi) is 4.49. The van der Waals surface area contributed by atoms with Crippen molar-refractivity contribution in [3.05, 3.63) is 89.0 Å². The molecule has 7 nitrogen and oxygen atoms in total. The third-order valence-electron chi connectivity index (χ3n) is 4.19. The molecule has 27 heavy (non-hydrogen) atoms. The Hall–Kier alpha value is -3.74. The number of hydrogen-bond donors (Lipinski definition) is 1. The van der Waals surface area contributed by atoms with Gasteiger partial charge in [0.1, 0.15) is 18.4 Å². The minimum atomic E-state index is -0.359. The summed E-state index contributed by atoms with van der Waals surface area (Å²) >= 11 is 0. The molecular formula is C20H17N5O2. The molecule has 1 amide bonds. The molecule has 0 saturated heterocycles. The highest BCUT2D eigenvalue weighted by Crippen LogP contribution is 2.17. The lowest BCUT2D eigenvalue weighted by Gasteiger charge is -2.06. The van der Waals surface area contributed by atoms with Gasteiger partial charge in [-0.05, 0) is 11.6 Å². The quantitative estimate of drug-likeness (QED) is 0.590. The van der Waals surface area contributed by atoms with E-state index in [-0.39, 0.29) is 18.0 Å². The fraction of sp³-hybridized carbons (Fsp3) is 0.100. The molecule has 1 N–H and O–H groups in total. The highest BCUT2D eigenvalue weighted by Gasteiger charge is 2.12. The molecule has 0 unspecified atom stereocenters. The van der Waals surface area contributed by atoms with Crippen molar-refractivity contribution in [3.8, 4) is 11.3 Å². The van der Waals surface area contributed by atoms with Crippen molar-refractivity contribution in [2.24, 2.45) is 0 Å². The first-order valence-corrected chi connectivity index (χ1v) is 8.52. The number of fused-ring (bicyclic) bond motifs is 1. The predicted octanol–water partition coefficient (Wildman–Crippen LogP) is 1.87. The van der Waals surface area contributed by atoms with E-state index < -0.39 is 0 Å². The van der Waals surface area contributed by atoms with Crippen LogP contribution >= 0.6 is 0 Å². The van der Waals surface area contributed by atoms with Gasteiger partial charge in [-0.15, -0.1) is 0 Å². The molecule has 0 bridgehead atoms. The second kappa shape index (κ2) is 7.25. The molecule has 0 fully saturated rings. The van der Waals surface area contributed by atoms with Crippen LogP contribution in [0.3, 0.4) is 0 Å². The smallest absolute Gasteiger partial charge is 0.293 e. The number of nitrogens with zero attached hydrogens (tertiary/aromatic N) is 4. The number of rotatable bonds is 5. The molecule has 4 aromatic rings. The summed E-state index contributed by atoms with van der Waals surface area (Å²) in [5.41, 5.74) is 2.60. The Morgan fingerprint density at radius 3 is 2.44 bits per heavy atom. The van der Waals surface area contributed by atoms with Gasteiger partial charge in [0.2, 0.25) is 5.91 Å². The van der Waals surface area contributed by atoms with Gasteiger partial charge in [-0.25, -0.2) is 9.20 Å². The SMILES string of the molecule is O=C(Cn1ncn2nc(-c3ccccc3)cc2c1=O)NCc1ccccc1. The lowest BCUT2D eigenvalue weighted by molar-refractivity contribution is -0.122. The number of aromatic nitrogens is 4. The van der Waals surface area contributed by atoms with E-state index in [4.69, 9.17) is 0 Å². The first-order valence-electron chi connectivity index (χ1n) is 8.52. The summed E-state index contributed by atoms with van der Waals surface area (Å²) in [6.45, 7) is 0.259. The van der Waals surface area contributed by atoms with E-state index in [1.165, 1.54) is 10.8 Å². The van der Waals surface area contributed by atoms with Crippen molar-refractivity contribution in [2.75, 3.05) is 0 Å². The average Bonchev–Trinajstić information content (AvgIpc) is 3.15. The fourth-order valence-corrected chi connectivity index (χ4v) is 2.79. The summed E-state index contributed by atoms with van der Waals surface area (Å²) in [6, 6.07) is 20.9. The van der Waals surface area contributed by atoms with Gasteiger partial charge in [-0.3, -0.25) is 9.59 Å². The Morgan fingerprint density at radius 1 is 1.00 bits per heavy atom. The van der Waals surface area contributed by atoms with Crippen LogP contribution in [0.4, 0.5) is 0 Å². The van der Waals surface area contributed by atoms with Crippen LogP contribution in [-0.2, 0) is 17.9 Å². The molecule has 4 rings (SSSR count). The van der Waals surface area contributed by atoms with E-state index in [1.807, 2.05) is 60.7 Å². The molecule has 0 aliphatic rings. The number of nitrogens with one attached hydrogen (secondary N) is 1. The van der Waals surface area contributed by atoms with Crippen LogP contribution in [0.2, 0.25) is 0 Å². The maximum Gasteiger partial charge on any atom is 0.293 e. The van der Waals surface area contributed by atoms with Gasteiger partial charge in [0.15, 0.2) is 0 Å². The van der Waals surface area contributed by atoms with E-state index >= 15 is 0 Å². The van der Waals surface area contributed by atoms with E-state index in [1.54, 1.807) is 6.07 Å². The number of benzene rings is 2. The highest BCUT2D eigenvalue weighted by molar-refractivity contribution is 5.75. The Bertz CT molecular complexity index is 1130. The minimum absolute atomic E-state index is 0.145. The third kappa shape index (κ3) is 3.62. The van der Waals surface area contributed by atoms with Crippen molar-refractivity contribution in [3.63, 3.8) is 0 Å². The van der Waals surface area contributed by atoms with Gasteiger partial charge in [0, 0.05) is 12.1 Å². The largest absolute Gasteiger partial charge is 0.350 e. The summed E-state index contributed by atoms with van der Waals surface area (Å²) in [4.78, 5) is 24.8. The molecule has 0 saturated carbocycles. The van der Waals surface area contributed by atoms with Crippen molar-refractivity contribution in [1.29, 1.82) is 0 Å². The van der Waals surface area contributed by atoms with Crippen molar-refractivity contribution < 1.29 is 4.79 Å². The van der Waals surface area contributed by atoms with E-state index in [9.17, 15) is 9.59 Å². The van der Waals surface area contributed by atoms with Crippen LogP contribution in [0.5, 0.6) is 0 Å². The molecule has 0 spiro atoms. The Balaban J connectivity index is 1.53. The molecule has 0 radical (unpaired) electrons. The molecular weight excluding hydrogens is 342 g/mol. The first-order chi connectivity index (χ1) is 13.2. The maximum absolute atomic E-state index is 12.6. The zero-order valence-electron chi connectivity index (χ0n) is 14.4. The van der Waals surface area contributed by atoms with Gasteiger partial charge >= 0.3 is 0 Å². The molecule has 2 aromatic heterocycles. The van der Waals surface area contributed by atoms with Gasteiger partial charge in [0.25, 0.3) is 5.56 Å². The normalized spacial score (nSPS) is 10.8. The monoisotopic (exact) mass is 359 g/mol. The van der Waals surface area contributed by atoms with Gasteiger partial charge in [0.05, 0.1) is 5.69 Å². The molecule has 0 aliphatic carbocycles. The fourth-order valence-electron chi connectivity index (χ4n) is 2.79. The minimum Gasteiger partial charge on any atom is -0.350 e. The van der Waals surface area contributed by atoms with Gasteiger partial charge < -0.3 is 5.32 Å². The van der Waals surface area contributed by atoms with Crippen LogP contribution in [0.15, 0.2) is 77.9 Å². The second-order valence-electron chi connectivity index (χ2n) is 6.08. The third-order valence-corrected chi connectivity index (χ3v) is 4.19. The lowest BCUT2D eigenvalue weighted by atomic mass is 10.1. The molecule has 7 heteroatoms. The van der Waals surface area contributed by atoms with Crippen molar-refractivity contribution in [1.82, 2.24) is 24.7 Å². The summed E-state index contributed by atoms with van der Waals surface area (Å²) in [5, 5.41) is 11.2. The van der Waals surface area contributed by atoms with E-state index in [2.05, 4.69) is 15.5 Å². The van der Waals surface area contributed by atoms with Gasteiger partial charge in [-0.1, -0.05) is 60.7 Å². The summed E-state index contributed by atoms with van der Waals surface area (Å²) < 4.78 is 2.58. The van der Waals surface area contributed by atoms with Crippen molar-refractivity contribution in [2.45, 2.75) is 13.1 Å². The zero-order valence-corrected chi connectivity index (χ0v) is 14.4. The molecule has 0 atom stereocenters. The van der Waals surface area contributed by atoms with E-state index in [0.717, 1.165) is 15.8 Å². The second-order valence-corrected chi connectivity index (χ2v) is 6.08. The topological polar surface area (TPSA) is 81.3 Å². The number of amides is 1. The van der Waals surface area contributed by atoms with Crippen LogP contribution in [0, 0.1) is 0 Å². The molecule has 2 heterocycles. The average molecular weight is 359 g/mol. The van der Waals surface area contributed by atoms with E-state index in [0.29, 0.717) is 17.8 Å². The van der Waals surface area contributed by atoms with Crippen molar-refractivity contribution >= 4 is 11.4 Å². The van der Waals surface area contributed by atoms with Crippen LogP contribution in [0.25, 0.3) is 16.8 Å². The standard InChI is InChI=1S/C20H17N5O2/c26-19(21-12-15-7-3-1-4-8-15)13-24-20(27)18-11-17(23-25(18)14-22-24)16-9-5-2-6-10-16/h1-11,14H,12-13H2,(H,21,26). The number of carbonyl (C=O) groups excluding carboxylic acids is 1. The lowest BCUT2D eigenvalue weighted by Crippen LogP contribution is -2.34. The molecule has 2 aromatic carbocycles. The Morgan fingerprint density at radius 2 is 1.70 bits per heavy atom. The maximum atomic E-state index is 12.6. The summed E-state index contributed by atoms with van der Waals surface area (Å²) in [7, 11) is 0. The Labute approximate surface area is 154 Å². The summed E-state index contributed by atoms with van der Waals surface area (Å²) in [5.74, 6) is -0.277. The van der Waals surface area contributed by atoms with Gasteiger partial charge in [-0.2, -0.15) is 10.2 Å². The van der Waals surface area contributed by atoms with Crippen LogP contribution in [0.1, 0.15) is 5.56 Å². The van der Waals surface area contributed by atoms with Crippen LogP contribution in [-0.4, -0.2) is 25.3 Å². The first kappa shape index (κ1) is 16.7. The zero-order chi connectivity index (χ0) is 18.6. The predicted molar refractivity (Wildman–Crippen MR) is 101 cm³/mol. The summed E-state index contributed by atoms with van der Waals surface area (Å²) in [6.07, 6.45) is 1.44.